The number of carbonyl (C=O) groups is 5. The molecule has 36 nitrogen and oxygen atoms in total. The fourth-order valence-electron chi connectivity index (χ4n) is 11.4. The van der Waals surface area contributed by atoms with Crippen LogP contribution in [0.25, 0.3) is 0 Å². The third kappa shape index (κ3) is 34.1. The van der Waals surface area contributed by atoms with Crippen molar-refractivity contribution >= 4 is 29.8 Å². The highest BCUT2D eigenvalue weighted by atomic mass is 16.6. The normalized spacial score (nSPS) is 16.8. The number of hydrogen-bond donors (Lipinski definition) is 0. The van der Waals surface area contributed by atoms with Crippen molar-refractivity contribution in [2.45, 2.75) is 26.7 Å². The summed E-state index contributed by atoms with van der Waals surface area (Å²) in [6, 6.07) is 24.8. The SMILES string of the molecule is C=C(C)C(=O)OCc1ccc2c(c1)OCCOCCOCCOc1cc(COc3ccc4c(c3)OCCOCCOCCOc3cc(C(=O)OC)c(C(=O)OC)cc3OCCOCCOCCO4)c(COc3ccc4c(c3)OCCOCCOCCOc3cc(C(=O)OC)c(C(=O)OC)cc3OCCOCCOCCO4)cc1OCCOCCOCCO2. The molecule has 0 saturated carbocycles. The second kappa shape index (κ2) is 56.0. The molecule has 0 amide bonds. The number of rotatable bonds is 13. The van der Waals surface area contributed by atoms with E-state index in [4.69, 9.17) is 147 Å². The van der Waals surface area contributed by atoms with Gasteiger partial charge in [-0.25, -0.2) is 24.0 Å². The van der Waals surface area contributed by atoms with Crippen LogP contribution in [0.15, 0.2) is 103 Å². The predicted molar refractivity (Wildman–Crippen MR) is 433 cm³/mol. The van der Waals surface area contributed by atoms with Crippen LogP contribution in [0.5, 0.6) is 80.5 Å². The Morgan fingerprint density at radius 1 is 0.252 bits per heavy atom. The van der Waals surface area contributed by atoms with Gasteiger partial charge in [-0.15, -0.1) is 0 Å². The van der Waals surface area contributed by atoms with E-state index in [1.165, 1.54) is 52.7 Å². The Morgan fingerprint density at radius 3 is 0.691 bits per heavy atom. The van der Waals surface area contributed by atoms with Crippen molar-refractivity contribution in [3.8, 4) is 80.5 Å². The molecule has 3 heterocycles. The molecular weight excluding hydrogens is 1620 g/mol. The van der Waals surface area contributed by atoms with Gasteiger partial charge in [-0.05, 0) is 96.4 Å². The third-order valence-electron chi connectivity index (χ3n) is 17.5. The largest absolute Gasteiger partial charge is 0.489 e. The van der Waals surface area contributed by atoms with Crippen molar-refractivity contribution in [3.05, 3.63) is 142 Å². The molecule has 0 N–H and O–H groups in total. The minimum atomic E-state index is -0.772. The zero-order valence-corrected chi connectivity index (χ0v) is 70.1. The molecule has 0 fully saturated rings. The Balaban J connectivity index is 0.886. The lowest BCUT2D eigenvalue weighted by molar-refractivity contribution is -0.140. The van der Waals surface area contributed by atoms with Crippen LogP contribution < -0.4 is 66.3 Å². The molecule has 3 aliphatic rings. The predicted octanol–water partition coefficient (Wildman–Crippen LogP) is 8.50. The van der Waals surface area contributed by atoms with Crippen LogP contribution in [0.2, 0.25) is 0 Å². The van der Waals surface area contributed by atoms with Crippen LogP contribution in [0.3, 0.4) is 0 Å². The maximum Gasteiger partial charge on any atom is 0.338 e. The van der Waals surface area contributed by atoms with E-state index in [1.807, 2.05) is 12.1 Å². The Bertz CT molecular complexity index is 4040. The van der Waals surface area contributed by atoms with E-state index in [-0.39, 0.29) is 308 Å². The molecular formula is C87H110O36. The van der Waals surface area contributed by atoms with Gasteiger partial charge < -0.3 is 147 Å². The smallest absolute Gasteiger partial charge is 0.338 e. The monoisotopic (exact) mass is 1730 g/mol. The van der Waals surface area contributed by atoms with Gasteiger partial charge in [0.2, 0.25) is 0 Å². The van der Waals surface area contributed by atoms with E-state index in [2.05, 4.69) is 6.58 Å². The van der Waals surface area contributed by atoms with E-state index >= 15 is 0 Å². The van der Waals surface area contributed by atoms with Gasteiger partial charge in [0.25, 0.3) is 0 Å². The van der Waals surface area contributed by atoms with Gasteiger partial charge in [-0.2, -0.15) is 0 Å². The van der Waals surface area contributed by atoms with Gasteiger partial charge in [0.1, 0.15) is 111 Å². The number of hydrogen-bond acceptors (Lipinski definition) is 36. The zero-order valence-electron chi connectivity index (χ0n) is 70.1. The average Bonchev–Trinajstić information content (AvgIpc) is 0.808. The number of benzene rings is 6. The van der Waals surface area contributed by atoms with Crippen LogP contribution in [-0.4, -0.2) is 296 Å². The fraction of sp³-hybridized carbons (Fsp3) is 0.506. The molecule has 6 aromatic rings. The summed E-state index contributed by atoms with van der Waals surface area (Å²) in [6.45, 7) is 11.3. The Morgan fingerprint density at radius 2 is 0.455 bits per heavy atom. The van der Waals surface area contributed by atoms with Crippen LogP contribution >= 0.6 is 0 Å². The average molecular weight is 1730 g/mol. The molecule has 36 heteroatoms. The molecule has 0 aliphatic carbocycles. The van der Waals surface area contributed by atoms with E-state index < -0.39 is 29.8 Å². The van der Waals surface area contributed by atoms with E-state index in [1.54, 1.807) is 61.5 Å². The number of carbonyl (C=O) groups excluding carboxylic acids is 5. The van der Waals surface area contributed by atoms with Gasteiger partial charge in [0.05, 0.1) is 209 Å². The topological polar surface area (TPSA) is 371 Å². The van der Waals surface area contributed by atoms with Crippen molar-refractivity contribution in [1.29, 1.82) is 0 Å². The molecule has 0 radical (unpaired) electrons. The first-order valence-corrected chi connectivity index (χ1v) is 40.1. The van der Waals surface area contributed by atoms with Crippen molar-refractivity contribution in [2.75, 3.05) is 266 Å². The molecule has 0 spiro atoms. The quantitative estimate of drug-likeness (QED) is 0.0593. The Hall–Kier alpha value is -10.9. The Labute approximate surface area is 713 Å². The summed E-state index contributed by atoms with van der Waals surface area (Å²) in [6.07, 6.45) is 0. The second-order valence-electron chi connectivity index (χ2n) is 26.2. The number of methoxy groups -OCH3 is 4. The van der Waals surface area contributed by atoms with Gasteiger partial charge in [-0.3, -0.25) is 0 Å². The minimum Gasteiger partial charge on any atom is -0.489 e. The summed E-state index contributed by atoms with van der Waals surface area (Å²) in [7, 11) is 4.79. The standard InChI is InChI=1S/C87H110O36/c1-61(2)83(88)123-58-62-7-10-71-74(49-62)112-40-28-100-19-20-102-30-42-114-76-51-64(60-122-66-9-12-73-78(53-66)116-44-32-104-22-24-108-36-48-120-82-57-70(87(92)96-6)68(85(90)94-4)55-80(82)118-46-34-106-18-15-99-27-39-111-73)63(50-75(76)113-41-29-101-16-13-97-25-37-109-71)59-121-65-8-11-72-77(52-65)115-43-31-103-21-23-107-35-47-119-81-56-69(86(91)95-5)67(84(89)93-3)54-79(81)117-45-33-105-17-14-98-26-38-110-72/h7-12,49-57H,1,13-48,58-60H2,2-6H3. The third-order valence-corrected chi connectivity index (χ3v) is 17.5. The first kappa shape index (κ1) is 96.0. The molecule has 6 aromatic carbocycles. The van der Waals surface area contributed by atoms with Crippen LogP contribution in [0.1, 0.15) is 65.0 Å². The van der Waals surface area contributed by atoms with Gasteiger partial charge in [0, 0.05) is 17.7 Å². The number of esters is 5. The molecule has 9 rings (SSSR count). The second-order valence-corrected chi connectivity index (χ2v) is 26.2. The molecule has 3 aliphatic heterocycles. The maximum absolute atomic E-state index is 12.7. The van der Waals surface area contributed by atoms with Crippen molar-refractivity contribution in [3.63, 3.8) is 0 Å². The lowest BCUT2D eigenvalue weighted by Crippen LogP contribution is -2.17. The van der Waals surface area contributed by atoms with Crippen LogP contribution in [0, 0.1) is 0 Å². The molecule has 0 unspecified atom stereocenters. The highest BCUT2D eigenvalue weighted by molar-refractivity contribution is 6.05. The molecule has 0 atom stereocenters. The summed E-state index contributed by atoms with van der Waals surface area (Å²) in [4.78, 5) is 63.1. The minimum absolute atomic E-state index is 0.0136. The van der Waals surface area contributed by atoms with E-state index in [9.17, 15) is 24.0 Å². The van der Waals surface area contributed by atoms with E-state index in [0.29, 0.717) is 74.2 Å². The number of fused-ring (bicyclic) bond motifs is 6. The zero-order chi connectivity index (χ0) is 86.7. The lowest BCUT2D eigenvalue weighted by atomic mass is 10.1. The van der Waals surface area contributed by atoms with Crippen LogP contribution in [0.4, 0.5) is 0 Å². The fourth-order valence-corrected chi connectivity index (χ4v) is 11.4. The van der Waals surface area contributed by atoms with E-state index in [0.717, 1.165) is 0 Å². The summed E-state index contributed by atoms with van der Waals surface area (Å²) < 4.78 is 183. The van der Waals surface area contributed by atoms with Gasteiger partial charge >= 0.3 is 29.8 Å². The lowest BCUT2D eigenvalue weighted by Gasteiger charge is -2.20. The van der Waals surface area contributed by atoms with Crippen molar-refractivity contribution in [1.82, 2.24) is 0 Å². The highest BCUT2D eigenvalue weighted by Crippen LogP contribution is 2.39. The van der Waals surface area contributed by atoms with Gasteiger partial charge in [-0.1, -0.05) is 12.6 Å². The van der Waals surface area contributed by atoms with Crippen LogP contribution in [-0.2, 0) is 105 Å². The van der Waals surface area contributed by atoms with Crippen molar-refractivity contribution in [2.24, 2.45) is 0 Å². The molecule has 0 saturated heterocycles. The molecule has 674 valence electrons. The first-order chi connectivity index (χ1) is 60.3. The summed E-state index contributed by atoms with van der Waals surface area (Å²) >= 11 is 0. The maximum atomic E-state index is 12.7. The Kier molecular flexibility index (Phi) is 43.7. The first-order valence-electron chi connectivity index (χ1n) is 40.1. The van der Waals surface area contributed by atoms with Gasteiger partial charge in [0.15, 0.2) is 69.0 Å². The molecule has 0 bridgehead atoms. The molecule has 0 aromatic heterocycles. The number of ether oxygens (including phenoxy) is 31. The highest BCUT2D eigenvalue weighted by Gasteiger charge is 2.27. The summed E-state index contributed by atoms with van der Waals surface area (Å²) in [5, 5.41) is 0. The summed E-state index contributed by atoms with van der Waals surface area (Å²) in [5.74, 6) is 1.14. The summed E-state index contributed by atoms with van der Waals surface area (Å²) in [5.41, 5.74) is 1.99. The van der Waals surface area contributed by atoms with Crippen molar-refractivity contribution < 1.29 is 171 Å². The molecule has 123 heavy (non-hydrogen) atoms.